The molecule has 0 spiro atoms. The Morgan fingerprint density at radius 2 is 2.04 bits per heavy atom. The second-order valence-electron chi connectivity index (χ2n) is 6.57. The molecule has 1 aliphatic rings. The molecule has 0 saturated heterocycles. The number of aromatic nitrogens is 2. The minimum Gasteiger partial charge on any atom is -0.480 e. The minimum absolute atomic E-state index is 0.0840. The molecule has 0 unspecified atom stereocenters. The molecular weight excluding hydrogens is 386 g/mol. The van der Waals surface area contributed by atoms with Crippen molar-refractivity contribution in [3.05, 3.63) is 60.4 Å². The molecular formula is C18H17N3O4S2. The van der Waals surface area contributed by atoms with Gasteiger partial charge in [0, 0.05) is 29.6 Å². The Morgan fingerprint density at radius 3 is 2.67 bits per heavy atom. The van der Waals surface area contributed by atoms with Crippen LogP contribution in [0.4, 0.5) is 0 Å². The van der Waals surface area contributed by atoms with Crippen LogP contribution in [-0.2, 0) is 21.9 Å². The van der Waals surface area contributed by atoms with Gasteiger partial charge in [-0.1, -0.05) is 30.3 Å². The van der Waals surface area contributed by atoms with Gasteiger partial charge in [-0.05, 0) is 24.1 Å². The Bertz CT molecular complexity index is 1100. The fraction of sp³-hybridized carbons (Fsp3) is 0.222. The van der Waals surface area contributed by atoms with Gasteiger partial charge in [-0.15, -0.1) is 11.3 Å². The molecule has 1 aliphatic carbocycles. The van der Waals surface area contributed by atoms with Crippen LogP contribution >= 0.6 is 11.3 Å². The average Bonchev–Trinajstić information content (AvgIpc) is 2.98. The van der Waals surface area contributed by atoms with Crippen LogP contribution in [0.5, 0.6) is 0 Å². The van der Waals surface area contributed by atoms with Gasteiger partial charge in [0.1, 0.15) is 9.75 Å². The zero-order valence-corrected chi connectivity index (χ0v) is 16.0. The molecule has 1 saturated carbocycles. The summed E-state index contributed by atoms with van der Waals surface area (Å²) in [5.41, 5.74) is 0.119. The van der Waals surface area contributed by atoms with Crippen molar-refractivity contribution in [2.24, 2.45) is 7.05 Å². The SMILES string of the molecule is Cn1cc(-c2ccc(S(=O)(=O)N[C@@]3(C(=O)O)C[C@@H]3c3ccccc3)s2)cn1. The van der Waals surface area contributed by atoms with Crippen LogP contribution in [0.1, 0.15) is 17.9 Å². The summed E-state index contributed by atoms with van der Waals surface area (Å²) >= 11 is 1.09. The molecule has 4 rings (SSSR count). The maximum atomic E-state index is 12.8. The molecule has 2 N–H and O–H groups in total. The highest BCUT2D eigenvalue weighted by Crippen LogP contribution is 2.52. The van der Waals surface area contributed by atoms with Crippen molar-refractivity contribution in [2.45, 2.75) is 22.1 Å². The second kappa shape index (κ2) is 6.29. The summed E-state index contributed by atoms with van der Waals surface area (Å²) in [5.74, 6) is -1.55. The van der Waals surface area contributed by atoms with Crippen molar-refractivity contribution in [3.8, 4) is 10.4 Å². The number of sulfonamides is 1. The summed E-state index contributed by atoms with van der Waals surface area (Å²) in [5, 5.41) is 13.8. The molecule has 2 aromatic heterocycles. The number of thiophene rings is 1. The highest BCUT2D eigenvalue weighted by molar-refractivity contribution is 7.91. The predicted molar refractivity (Wildman–Crippen MR) is 101 cm³/mol. The maximum absolute atomic E-state index is 12.8. The minimum atomic E-state index is -3.96. The maximum Gasteiger partial charge on any atom is 0.325 e. The third-order valence-electron chi connectivity index (χ3n) is 4.70. The van der Waals surface area contributed by atoms with Crippen molar-refractivity contribution in [1.82, 2.24) is 14.5 Å². The number of aliphatic carboxylic acids is 1. The van der Waals surface area contributed by atoms with E-state index in [0.29, 0.717) is 0 Å². The highest BCUT2D eigenvalue weighted by atomic mass is 32.2. The van der Waals surface area contributed by atoms with Crippen LogP contribution in [0.15, 0.2) is 59.1 Å². The van der Waals surface area contributed by atoms with Gasteiger partial charge in [-0.3, -0.25) is 9.48 Å². The molecule has 1 aromatic carbocycles. The van der Waals surface area contributed by atoms with E-state index >= 15 is 0 Å². The van der Waals surface area contributed by atoms with E-state index < -0.39 is 21.5 Å². The normalized spacial score (nSPS) is 21.9. The van der Waals surface area contributed by atoms with E-state index in [1.54, 1.807) is 30.2 Å². The van der Waals surface area contributed by atoms with Gasteiger partial charge in [0.25, 0.3) is 10.0 Å². The fourth-order valence-electron chi connectivity index (χ4n) is 3.20. The van der Waals surface area contributed by atoms with Gasteiger partial charge >= 0.3 is 5.97 Å². The summed E-state index contributed by atoms with van der Waals surface area (Å²) in [6, 6.07) is 12.3. The van der Waals surface area contributed by atoms with E-state index in [-0.39, 0.29) is 16.5 Å². The highest BCUT2D eigenvalue weighted by Gasteiger charge is 2.63. The van der Waals surface area contributed by atoms with Gasteiger partial charge in [0.2, 0.25) is 0 Å². The van der Waals surface area contributed by atoms with Crippen LogP contribution in [0.25, 0.3) is 10.4 Å². The summed E-state index contributed by atoms with van der Waals surface area (Å²) in [6.07, 6.45) is 3.67. The monoisotopic (exact) mass is 403 g/mol. The molecule has 3 aromatic rings. The summed E-state index contributed by atoms with van der Waals surface area (Å²) in [4.78, 5) is 12.6. The second-order valence-corrected chi connectivity index (χ2v) is 9.56. The Kier molecular flexibility index (Phi) is 4.17. The lowest BCUT2D eigenvalue weighted by Gasteiger charge is -2.14. The van der Waals surface area contributed by atoms with Crippen LogP contribution in [0, 0.1) is 0 Å². The van der Waals surface area contributed by atoms with Crippen molar-refractivity contribution in [2.75, 3.05) is 0 Å². The molecule has 0 amide bonds. The van der Waals surface area contributed by atoms with Crippen LogP contribution in [-0.4, -0.2) is 34.8 Å². The quantitative estimate of drug-likeness (QED) is 0.658. The topological polar surface area (TPSA) is 101 Å². The number of carboxylic acid groups (broad SMARTS) is 1. The van der Waals surface area contributed by atoms with E-state index in [4.69, 9.17) is 0 Å². The lowest BCUT2D eigenvalue weighted by molar-refractivity contribution is -0.140. The zero-order chi connectivity index (χ0) is 19.2. The van der Waals surface area contributed by atoms with Gasteiger partial charge < -0.3 is 5.11 Å². The van der Waals surface area contributed by atoms with Gasteiger partial charge in [0.15, 0.2) is 0 Å². The van der Waals surface area contributed by atoms with Crippen molar-refractivity contribution >= 4 is 27.3 Å². The Labute approximate surface area is 160 Å². The number of carboxylic acids is 1. The smallest absolute Gasteiger partial charge is 0.325 e. The molecule has 9 heteroatoms. The molecule has 2 heterocycles. The molecule has 27 heavy (non-hydrogen) atoms. The van der Waals surface area contributed by atoms with Gasteiger partial charge in [0.05, 0.1) is 6.20 Å². The van der Waals surface area contributed by atoms with E-state index in [0.717, 1.165) is 27.3 Å². The van der Waals surface area contributed by atoms with Crippen molar-refractivity contribution in [1.29, 1.82) is 0 Å². The number of rotatable bonds is 6. The Morgan fingerprint density at radius 1 is 1.30 bits per heavy atom. The molecule has 7 nitrogen and oxygen atoms in total. The molecule has 0 radical (unpaired) electrons. The van der Waals surface area contributed by atoms with Crippen molar-refractivity contribution < 1.29 is 18.3 Å². The third kappa shape index (κ3) is 3.18. The first-order chi connectivity index (χ1) is 12.8. The molecule has 1 fully saturated rings. The Hall–Kier alpha value is -2.49. The van der Waals surface area contributed by atoms with E-state index in [2.05, 4.69) is 9.82 Å². The molecule has 140 valence electrons. The lowest BCUT2D eigenvalue weighted by atomic mass is 10.1. The van der Waals surface area contributed by atoms with E-state index in [1.807, 2.05) is 30.3 Å². The Balaban J connectivity index is 1.61. The van der Waals surface area contributed by atoms with Crippen LogP contribution in [0.3, 0.4) is 0 Å². The van der Waals surface area contributed by atoms with Crippen LogP contribution in [0.2, 0.25) is 0 Å². The number of nitrogens with zero attached hydrogens (tertiary/aromatic N) is 2. The number of aryl methyl sites for hydroxylation is 1. The lowest BCUT2D eigenvalue weighted by Crippen LogP contribution is -2.44. The van der Waals surface area contributed by atoms with Crippen LogP contribution < -0.4 is 4.72 Å². The first-order valence-corrected chi connectivity index (χ1v) is 10.5. The zero-order valence-electron chi connectivity index (χ0n) is 14.4. The first-order valence-electron chi connectivity index (χ1n) is 8.23. The van der Waals surface area contributed by atoms with Gasteiger partial charge in [-0.25, -0.2) is 8.42 Å². The standard InChI is InChI=1S/C18H17N3O4S2/c1-21-11-13(10-19-21)15-7-8-16(26-15)27(24,25)20-18(17(22)23)9-14(18)12-5-3-2-4-6-12/h2-8,10-11,14,20H,9H2,1H3,(H,22,23)/t14-,18+/m1/s1. The molecule has 0 aliphatic heterocycles. The summed E-state index contributed by atoms with van der Waals surface area (Å²) in [6.45, 7) is 0. The summed E-state index contributed by atoms with van der Waals surface area (Å²) < 4.78 is 29.8. The number of nitrogens with one attached hydrogen (secondary N) is 1. The van der Waals surface area contributed by atoms with Gasteiger partial charge in [-0.2, -0.15) is 9.82 Å². The number of benzene rings is 1. The van der Waals surface area contributed by atoms with Crippen molar-refractivity contribution in [3.63, 3.8) is 0 Å². The number of hydrogen-bond acceptors (Lipinski definition) is 5. The number of hydrogen-bond donors (Lipinski definition) is 2. The third-order valence-corrected chi connectivity index (χ3v) is 7.83. The predicted octanol–water partition coefficient (Wildman–Crippen LogP) is 2.44. The average molecular weight is 403 g/mol. The largest absolute Gasteiger partial charge is 0.480 e. The van der Waals surface area contributed by atoms with E-state index in [9.17, 15) is 18.3 Å². The molecule has 2 atom stereocenters. The number of carbonyl (C=O) groups is 1. The fourth-order valence-corrected chi connectivity index (χ4v) is 5.89. The van der Waals surface area contributed by atoms with E-state index in [1.165, 1.54) is 6.07 Å². The molecule has 0 bridgehead atoms. The summed E-state index contributed by atoms with van der Waals surface area (Å²) in [7, 11) is -2.18. The first kappa shape index (κ1) is 17.9.